The summed E-state index contributed by atoms with van der Waals surface area (Å²) in [5.41, 5.74) is 0.969. The molecule has 1 N–H and O–H groups in total. The maximum absolute atomic E-state index is 14.0. The van der Waals surface area contributed by atoms with Crippen LogP contribution in [0.15, 0.2) is 65.6 Å². The Hall–Kier alpha value is -3.98. The minimum atomic E-state index is -0.630. The van der Waals surface area contributed by atoms with Crippen LogP contribution in [-0.4, -0.2) is 51.5 Å². The summed E-state index contributed by atoms with van der Waals surface area (Å²) in [6.45, 7) is 8.65. The van der Waals surface area contributed by atoms with Crippen LogP contribution in [0.3, 0.4) is 0 Å². The first-order chi connectivity index (χ1) is 19.2. The minimum Gasteiger partial charge on any atom is -0.483 e. The van der Waals surface area contributed by atoms with E-state index in [4.69, 9.17) is 4.74 Å². The molecule has 5 rings (SSSR count). The minimum absolute atomic E-state index is 0.00502. The summed E-state index contributed by atoms with van der Waals surface area (Å²) in [5, 5.41) is 2.76. The molecule has 210 valence electrons. The van der Waals surface area contributed by atoms with Crippen molar-refractivity contribution < 1.29 is 18.7 Å². The maximum Gasteiger partial charge on any atom is 0.276 e. The zero-order valence-corrected chi connectivity index (χ0v) is 23.1. The van der Waals surface area contributed by atoms with Gasteiger partial charge in [0.2, 0.25) is 5.43 Å². The summed E-state index contributed by atoms with van der Waals surface area (Å²) in [5.74, 6) is -0.922. The Kier molecular flexibility index (Phi) is 8.02. The second-order valence-corrected chi connectivity index (χ2v) is 11.0. The number of pyridine rings is 1. The zero-order chi connectivity index (χ0) is 28.4. The molecule has 1 aromatic heterocycles. The number of hydrogen-bond donors (Lipinski definition) is 1. The van der Waals surface area contributed by atoms with Crippen LogP contribution in [0.4, 0.5) is 4.39 Å². The van der Waals surface area contributed by atoms with Crippen molar-refractivity contribution in [1.82, 2.24) is 19.7 Å². The van der Waals surface area contributed by atoms with Gasteiger partial charge in [-0.2, -0.15) is 0 Å². The molecule has 2 atom stereocenters. The summed E-state index contributed by atoms with van der Waals surface area (Å²) in [7, 11) is 0. The Labute approximate surface area is 233 Å². The van der Waals surface area contributed by atoms with Gasteiger partial charge in [-0.05, 0) is 42.5 Å². The van der Waals surface area contributed by atoms with E-state index in [1.54, 1.807) is 16.7 Å². The number of fused-ring (bicyclic) bond motifs is 2. The molecule has 0 spiro atoms. The molecule has 8 nitrogen and oxygen atoms in total. The second kappa shape index (κ2) is 11.6. The number of aromatic nitrogens is 1. The predicted octanol–water partition coefficient (Wildman–Crippen LogP) is 4.03. The maximum atomic E-state index is 14.0. The molecule has 2 aliphatic rings. The molecule has 0 radical (unpaired) electrons. The van der Waals surface area contributed by atoms with Crippen LogP contribution in [0, 0.1) is 11.7 Å². The van der Waals surface area contributed by atoms with Crippen molar-refractivity contribution >= 4 is 11.8 Å². The molecule has 3 heterocycles. The van der Waals surface area contributed by atoms with Crippen molar-refractivity contribution in [3.63, 3.8) is 0 Å². The SMILES string of the molecule is CC(C)CN1CC[C@H](C)N2C(=O)c3c(OCc4ccccc4)c(=O)c(C(=O)NCc4ccc(F)cc4)cn3C[C@@H]12. The van der Waals surface area contributed by atoms with Gasteiger partial charge in [0.1, 0.15) is 24.2 Å². The number of halogens is 1. The van der Waals surface area contributed by atoms with E-state index in [0.29, 0.717) is 18.0 Å². The first-order valence-corrected chi connectivity index (χ1v) is 13.8. The van der Waals surface area contributed by atoms with Crippen molar-refractivity contribution in [3.8, 4) is 5.75 Å². The fraction of sp³-hybridized carbons (Fsp3) is 0.387. The van der Waals surface area contributed by atoms with Crippen LogP contribution in [0.1, 0.15) is 59.2 Å². The van der Waals surface area contributed by atoms with Gasteiger partial charge in [0.05, 0.1) is 6.54 Å². The van der Waals surface area contributed by atoms with Gasteiger partial charge < -0.3 is 19.5 Å². The Morgan fingerprint density at radius 1 is 1.07 bits per heavy atom. The molecule has 40 heavy (non-hydrogen) atoms. The van der Waals surface area contributed by atoms with Gasteiger partial charge in [-0.25, -0.2) is 4.39 Å². The van der Waals surface area contributed by atoms with Crippen LogP contribution in [0.5, 0.6) is 5.75 Å². The first kappa shape index (κ1) is 27.6. The second-order valence-electron chi connectivity index (χ2n) is 11.0. The first-order valence-electron chi connectivity index (χ1n) is 13.8. The van der Waals surface area contributed by atoms with Crippen molar-refractivity contribution in [3.05, 3.63) is 99.2 Å². The van der Waals surface area contributed by atoms with E-state index in [1.165, 1.54) is 18.3 Å². The van der Waals surface area contributed by atoms with E-state index < -0.39 is 11.3 Å². The number of benzene rings is 2. The number of rotatable bonds is 8. The molecule has 3 aromatic rings. The van der Waals surface area contributed by atoms with E-state index in [0.717, 1.165) is 25.1 Å². The molecule has 0 saturated carbocycles. The summed E-state index contributed by atoms with van der Waals surface area (Å²) in [6.07, 6.45) is 2.13. The van der Waals surface area contributed by atoms with Crippen molar-refractivity contribution in [2.45, 2.75) is 59.1 Å². The number of nitrogens with one attached hydrogen (secondary N) is 1. The lowest BCUT2D eigenvalue weighted by molar-refractivity contribution is -0.0367. The quantitative estimate of drug-likeness (QED) is 0.461. The van der Waals surface area contributed by atoms with Gasteiger partial charge >= 0.3 is 0 Å². The van der Waals surface area contributed by atoms with Gasteiger partial charge in [0, 0.05) is 31.9 Å². The third-order valence-electron chi connectivity index (χ3n) is 7.52. The Morgan fingerprint density at radius 3 is 2.50 bits per heavy atom. The molecule has 9 heteroatoms. The van der Waals surface area contributed by atoms with Gasteiger partial charge in [-0.3, -0.25) is 19.3 Å². The summed E-state index contributed by atoms with van der Waals surface area (Å²) in [6, 6.07) is 15.2. The van der Waals surface area contributed by atoms with Gasteiger partial charge in [-0.1, -0.05) is 56.3 Å². The van der Waals surface area contributed by atoms with E-state index in [2.05, 4.69) is 24.1 Å². The fourth-order valence-corrected chi connectivity index (χ4v) is 5.54. The van der Waals surface area contributed by atoms with E-state index in [1.807, 2.05) is 42.2 Å². The van der Waals surface area contributed by atoms with Crippen molar-refractivity contribution in [1.29, 1.82) is 0 Å². The highest BCUT2D eigenvalue weighted by Crippen LogP contribution is 2.32. The van der Waals surface area contributed by atoms with Crippen LogP contribution < -0.4 is 15.5 Å². The van der Waals surface area contributed by atoms with Crippen LogP contribution in [0.2, 0.25) is 0 Å². The predicted molar refractivity (Wildman–Crippen MR) is 149 cm³/mol. The lowest BCUT2D eigenvalue weighted by atomic mass is 10.0. The largest absolute Gasteiger partial charge is 0.483 e. The molecule has 0 unspecified atom stereocenters. The average molecular weight is 547 g/mol. The van der Waals surface area contributed by atoms with E-state index in [9.17, 15) is 18.8 Å². The number of amides is 2. The summed E-state index contributed by atoms with van der Waals surface area (Å²) >= 11 is 0. The van der Waals surface area contributed by atoms with Crippen molar-refractivity contribution in [2.24, 2.45) is 5.92 Å². The average Bonchev–Trinajstić information content (AvgIpc) is 2.94. The number of carbonyl (C=O) groups is 2. The number of nitrogens with zero attached hydrogens (tertiary/aromatic N) is 3. The van der Waals surface area contributed by atoms with E-state index >= 15 is 0 Å². The number of ether oxygens (including phenoxy) is 1. The summed E-state index contributed by atoms with van der Waals surface area (Å²) < 4.78 is 21.1. The monoisotopic (exact) mass is 546 g/mol. The van der Waals surface area contributed by atoms with Gasteiger partial charge in [0.15, 0.2) is 11.4 Å². The molecule has 2 aromatic carbocycles. The highest BCUT2D eigenvalue weighted by atomic mass is 19.1. The zero-order valence-electron chi connectivity index (χ0n) is 23.1. The molecular formula is C31H35FN4O4. The Bertz CT molecular complexity index is 1440. The topological polar surface area (TPSA) is 83.9 Å². The lowest BCUT2D eigenvalue weighted by Gasteiger charge is -2.50. The molecule has 1 saturated heterocycles. The smallest absolute Gasteiger partial charge is 0.276 e. The molecule has 2 aliphatic heterocycles. The van der Waals surface area contributed by atoms with Crippen LogP contribution in [-0.2, 0) is 19.7 Å². The van der Waals surface area contributed by atoms with Crippen LogP contribution in [0.25, 0.3) is 0 Å². The standard InChI is InChI=1S/C31H35FN4O4/c1-20(2)16-34-14-13-21(3)36-26(34)18-35-17-25(30(38)33-15-22-9-11-24(32)12-10-22)28(37)29(27(35)31(36)39)40-19-23-7-5-4-6-8-23/h4-12,17,20-21,26H,13-16,18-19H2,1-3H3,(H,33,38)/t21-,26-/m0/s1. The summed E-state index contributed by atoms with van der Waals surface area (Å²) in [4.78, 5) is 45.2. The normalized spacial score (nSPS) is 18.8. The lowest BCUT2D eigenvalue weighted by Crippen LogP contribution is -2.64. The van der Waals surface area contributed by atoms with E-state index in [-0.39, 0.29) is 54.1 Å². The number of hydrogen-bond acceptors (Lipinski definition) is 5. The van der Waals surface area contributed by atoms with Gasteiger partial charge in [-0.15, -0.1) is 0 Å². The molecule has 0 bridgehead atoms. The van der Waals surface area contributed by atoms with Crippen LogP contribution >= 0.6 is 0 Å². The molecule has 1 fully saturated rings. The third-order valence-corrected chi connectivity index (χ3v) is 7.52. The Balaban J connectivity index is 1.52. The Morgan fingerprint density at radius 2 is 1.80 bits per heavy atom. The molecular weight excluding hydrogens is 511 g/mol. The highest BCUT2D eigenvalue weighted by Gasteiger charge is 2.43. The number of carbonyl (C=O) groups excluding carboxylic acids is 2. The molecule has 2 amide bonds. The van der Waals surface area contributed by atoms with Crippen molar-refractivity contribution in [2.75, 3.05) is 13.1 Å². The molecule has 0 aliphatic carbocycles. The van der Waals surface area contributed by atoms with Gasteiger partial charge in [0.25, 0.3) is 11.8 Å². The fourth-order valence-electron chi connectivity index (χ4n) is 5.54. The highest BCUT2D eigenvalue weighted by molar-refractivity contribution is 5.99. The third kappa shape index (κ3) is 5.65.